The summed E-state index contributed by atoms with van der Waals surface area (Å²) in [6.45, 7) is 0. The second kappa shape index (κ2) is 4.88. The van der Waals surface area contributed by atoms with Crippen molar-refractivity contribution >= 4 is 11.5 Å². The number of alkyl halides is 3. The minimum absolute atomic E-state index is 0.0822. The molecule has 2 atom stereocenters. The third-order valence-corrected chi connectivity index (χ3v) is 3.56. The van der Waals surface area contributed by atoms with Gasteiger partial charge in [-0.05, 0) is 41.8 Å². The van der Waals surface area contributed by atoms with E-state index in [1.54, 1.807) is 12.1 Å². The molecule has 0 aromatic carbocycles. The Hall–Kier alpha value is -1.93. The molecule has 0 radical (unpaired) electrons. The highest BCUT2D eigenvalue weighted by Gasteiger charge is 2.42. The van der Waals surface area contributed by atoms with E-state index < -0.39 is 12.1 Å². The van der Waals surface area contributed by atoms with E-state index in [0.717, 1.165) is 0 Å². The molecular weight excluding hydrogens is 273 g/mol. The fourth-order valence-electron chi connectivity index (χ4n) is 2.55. The predicted octanol–water partition coefficient (Wildman–Crippen LogP) is 2.05. The molecule has 2 heterocycles. The Kier molecular flexibility index (Phi) is 3.19. The van der Waals surface area contributed by atoms with Gasteiger partial charge in [0.05, 0.1) is 5.92 Å². The third kappa shape index (κ3) is 2.66. The van der Waals surface area contributed by atoms with Gasteiger partial charge >= 0.3 is 6.18 Å². The molecule has 1 fully saturated rings. The predicted molar refractivity (Wildman–Crippen MR) is 64.0 cm³/mol. The van der Waals surface area contributed by atoms with Crippen LogP contribution in [0.1, 0.15) is 25.7 Å². The lowest BCUT2D eigenvalue weighted by Crippen LogP contribution is -2.34. The molecule has 1 N–H and O–H groups in total. The molecule has 1 aliphatic rings. The van der Waals surface area contributed by atoms with E-state index in [4.69, 9.17) is 0 Å². The van der Waals surface area contributed by atoms with Crippen molar-refractivity contribution < 1.29 is 13.2 Å². The third-order valence-electron chi connectivity index (χ3n) is 3.56. The zero-order chi connectivity index (χ0) is 14.2. The Balaban J connectivity index is 1.70. The quantitative estimate of drug-likeness (QED) is 0.915. The van der Waals surface area contributed by atoms with E-state index in [1.165, 1.54) is 4.63 Å². The highest BCUT2D eigenvalue weighted by Crippen LogP contribution is 2.38. The maximum Gasteiger partial charge on any atom is 0.391 e. The molecule has 3 rings (SSSR count). The SMILES string of the molecule is FC(F)(F)[C@H]1CCC[C@H](Nc2ccc3nnnn3n2)C1. The summed E-state index contributed by atoms with van der Waals surface area (Å²) in [7, 11) is 0. The summed E-state index contributed by atoms with van der Waals surface area (Å²) >= 11 is 0. The van der Waals surface area contributed by atoms with Gasteiger partial charge in [0.1, 0.15) is 5.82 Å². The summed E-state index contributed by atoms with van der Waals surface area (Å²) in [5, 5.41) is 18.0. The Morgan fingerprint density at radius 3 is 2.90 bits per heavy atom. The molecule has 0 unspecified atom stereocenters. The molecule has 1 saturated carbocycles. The van der Waals surface area contributed by atoms with Crippen LogP contribution in [0, 0.1) is 5.92 Å². The Morgan fingerprint density at radius 2 is 2.10 bits per heavy atom. The molecular formula is C11H13F3N6. The van der Waals surface area contributed by atoms with Gasteiger partial charge in [0.2, 0.25) is 0 Å². The van der Waals surface area contributed by atoms with Crippen LogP contribution < -0.4 is 5.32 Å². The van der Waals surface area contributed by atoms with E-state index in [0.29, 0.717) is 24.3 Å². The van der Waals surface area contributed by atoms with Gasteiger partial charge in [0.25, 0.3) is 0 Å². The van der Waals surface area contributed by atoms with Gasteiger partial charge in [-0.15, -0.1) is 14.8 Å². The van der Waals surface area contributed by atoms with Crippen LogP contribution in [0.15, 0.2) is 12.1 Å². The highest BCUT2D eigenvalue weighted by atomic mass is 19.4. The minimum atomic E-state index is -4.12. The van der Waals surface area contributed by atoms with Gasteiger partial charge in [-0.25, -0.2) is 0 Å². The maximum atomic E-state index is 12.7. The van der Waals surface area contributed by atoms with Crippen molar-refractivity contribution in [1.82, 2.24) is 25.3 Å². The van der Waals surface area contributed by atoms with Crippen molar-refractivity contribution in [2.24, 2.45) is 5.92 Å². The molecule has 108 valence electrons. The number of rotatable bonds is 2. The van der Waals surface area contributed by atoms with Gasteiger partial charge in [-0.3, -0.25) is 0 Å². The van der Waals surface area contributed by atoms with Gasteiger partial charge in [0, 0.05) is 6.04 Å². The highest BCUT2D eigenvalue weighted by molar-refractivity contribution is 5.42. The number of anilines is 1. The largest absolute Gasteiger partial charge is 0.391 e. The summed E-state index contributed by atoms with van der Waals surface area (Å²) in [5.41, 5.74) is 0.493. The Bertz CT molecular complexity index is 595. The topological polar surface area (TPSA) is 68.0 Å². The molecule has 0 saturated heterocycles. The average molecular weight is 286 g/mol. The standard InChI is InChI=1S/C11H13F3N6/c12-11(13,14)7-2-1-3-8(6-7)15-9-4-5-10-16-18-19-20(10)17-9/h4-5,7-8H,1-3,6H2,(H,15,17)/t7-,8-/m0/s1. The number of halogens is 3. The van der Waals surface area contributed by atoms with Crippen molar-refractivity contribution in [2.45, 2.75) is 37.9 Å². The lowest BCUT2D eigenvalue weighted by atomic mass is 9.85. The van der Waals surface area contributed by atoms with Crippen LogP contribution in [0.3, 0.4) is 0 Å². The summed E-state index contributed by atoms with van der Waals surface area (Å²) < 4.78 is 39.5. The van der Waals surface area contributed by atoms with Crippen molar-refractivity contribution in [1.29, 1.82) is 0 Å². The van der Waals surface area contributed by atoms with Crippen molar-refractivity contribution in [2.75, 3.05) is 5.32 Å². The van der Waals surface area contributed by atoms with E-state index in [2.05, 4.69) is 25.9 Å². The number of nitrogens with zero attached hydrogens (tertiary/aromatic N) is 5. The van der Waals surface area contributed by atoms with E-state index in [1.807, 2.05) is 0 Å². The number of hydrogen-bond donors (Lipinski definition) is 1. The fourth-order valence-corrected chi connectivity index (χ4v) is 2.55. The van der Waals surface area contributed by atoms with Crippen molar-refractivity contribution in [3.63, 3.8) is 0 Å². The van der Waals surface area contributed by atoms with Gasteiger partial charge in [-0.1, -0.05) is 6.42 Å². The first-order chi connectivity index (χ1) is 9.52. The maximum absolute atomic E-state index is 12.7. The van der Waals surface area contributed by atoms with Gasteiger partial charge in [0.15, 0.2) is 5.65 Å². The molecule has 0 amide bonds. The summed E-state index contributed by atoms with van der Waals surface area (Å²) in [6.07, 6.45) is -2.55. The lowest BCUT2D eigenvalue weighted by Gasteiger charge is -2.31. The van der Waals surface area contributed by atoms with Crippen LogP contribution in [-0.2, 0) is 0 Å². The molecule has 2 aromatic heterocycles. The van der Waals surface area contributed by atoms with Crippen LogP contribution in [0.4, 0.5) is 19.0 Å². The normalized spacial score (nSPS) is 23.9. The number of aromatic nitrogens is 5. The van der Waals surface area contributed by atoms with Crippen LogP contribution >= 0.6 is 0 Å². The first-order valence-electron chi connectivity index (χ1n) is 6.41. The smallest absolute Gasteiger partial charge is 0.366 e. The first kappa shape index (κ1) is 13.1. The number of nitrogens with one attached hydrogen (secondary N) is 1. The second-order valence-corrected chi connectivity index (χ2v) is 4.99. The Labute approximate surface area is 112 Å². The van der Waals surface area contributed by atoms with Gasteiger partial charge < -0.3 is 5.32 Å². The van der Waals surface area contributed by atoms with Crippen LogP contribution in [-0.4, -0.2) is 37.5 Å². The fraction of sp³-hybridized carbons (Fsp3) is 0.636. The number of hydrogen-bond acceptors (Lipinski definition) is 5. The monoisotopic (exact) mass is 286 g/mol. The zero-order valence-corrected chi connectivity index (χ0v) is 10.5. The molecule has 20 heavy (non-hydrogen) atoms. The lowest BCUT2D eigenvalue weighted by molar-refractivity contribution is -0.182. The number of fused-ring (bicyclic) bond motifs is 1. The first-order valence-corrected chi connectivity index (χ1v) is 6.41. The minimum Gasteiger partial charge on any atom is -0.366 e. The average Bonchev–Trinajstić information content (AvgIpc) is 2.85. The zero-order valence-electron chi connectivity index (χ0n) is 10.5. The Morgan fingerprint density at radius 1 is 1.25 bits per heavy atom. The van der Waals surface area contributed by atoms with Crippen LogP contribution in [0.25, 0.3) is 5.65 Å². The van der Waals surface area contributed by atoms with Crippen molar-refractivity contribution in [3.05, 3.63) is 12.1 Å². The summed E-state index contributed by atoms with van der Waals surface area (Å²) in [4.78, 5) is 0. The molecule has 0 aliphatic heterocycles. The second-order valence-electron chi connectivity index (χ2n) is 4.99. The molecule has 9 heteroatoms. The summed E-state index contributed by atoms with van der Waals surface area (Å²) in [6, 6.07) is 3.11. The molecule has 1 aliphatic carbocycles. The van der Waals surface area contributed by atoms with Crippen molar-refractivity contribution in [3.8, 4) is 0 Å². The van der Waals surface area contributed by atoms with Gasteiger partial charge in [-0.2, -0.15) is 13.2 Å². The summed E-state index contributed by atoms with van der Waals surface area (Å²) in [5.74, 6) is -0.747. The molecule has 6 nitrogen and oxygen atoms in total. The van der Waals surface area contributed by atoms with E-state index in [-0.39, 0.29) is 18.9 Å². The van der Waals surface area contributed by atoms with E-state index in [9.17, 15) is 13.2 Å². The molecule has 0 spiro atoms. The molecule has 0 bridgehead atoms. The molecule has 2 aromatic rings. The van der Waals surface area contributed by atoms with Crippen LogP contribution in [0.5, 0.6) is 0 Å². The number of tetrazole rings is 1. The van der Waals surface area contributed by atoms with Crippen LogP contribution in [0.2, 0.25) is 0 Å². The van der Waals surface area contributed by atoms with E-state index >= 15 is 0 Å².